The average Bonchev–Trinajstić information content (AvgIpc) is 2.55. The second-order valence-electron chi connectivity index (χ2n) is 7.96. The van der Waals surface area contributed by atoms with Gasteiger partial charge in [0.1, 0.15) is 11.4 Å². The fourth-order valence-electron chi connectivity index (χ4n) is 3.09. The standard InChI is InChI=1S/C20H29FN2O3/c1-14-7-8-17(21)16(12-14)18(24)22-10-9-15-6-5-11-23(13-15)19(25)26-20(2,3)4/h7-8,12,15H,5-6,9-11,13H2,1-4H3,(H,22,24). The Morgan fingerprint density at radius 3 is 2.77 bits per heavy atom. The summed E-state index contributed by atoms with van der Waals surface area (Å²) in [6, 6.07) is 4.50. The molecule has 1 aliphatic rings. The Hall–Kier alpha value is -2.11. The molecule has 0 spiro atoms. The van der Waals surface area contributed by atoms with Crippen LogP contribution in [0.5, 0.6) is 0 Å². The molecule has 144 valence electrons. The molecule has 0 bridgehead atoms. The molecule has 1 saturated heterocycles. The van der Waals surface area contributed by atoms with Crippen LogP contribution in [0.1, 0.15) is 56.0 Å². The van der Waals surface area contributed by atoms with E-state index in [4.69, 9.17) is 4.74 Å². The molecule has 1 heterocycles. The summed E-state index contributed by atoms with van der Waals surface area (Å²) in [6.45, 7) is 9.17. The van der Waals surface area contributed by atoms with Crippen molar-refractivity contribution in [2.45, 2.75) is 52.6 Å². The molecule has 1 unspecified atom stereocenters. The maximum atomic E-state index is 13.8. The van der Waals surface area contributed by atoms with Crippen molar-refractivity contribution in [3.63, 3.8) is 0 Å². The molecule has 26 heavy (non-hydrogen) atoms. The molecule has 1 aliphatic heterocycles. The first-order valence-electron chi connectivity index (χ1n) is 9.18. The maximum absolute atomic E-state index is 13.8. The first kappa shape index (κ1) is 20.2. The molecule has 1 aromatic carbocycles. The van der Waals surface area contributed by atoms with E-state index < -0.39 is 17.3 Å². The second-order valence-corrected chi connectivity index (χ2v) is 7.96. The number of piperidine rings is 1. The van der Waals surface area contributed by atoms with Crippen LogP contribution in [-0.2, 0) is 4.74 Å². The molecule has 1 N–H and O–H groups in total. The maximum Gasteiger partial charge on any atom is 0.410 e. The third-order valence-corrected chi connectivity index (χ3v) is 4.38. The minimum Gasteiger partial charge on any atom is -0.444 e. The summed E-state index contributed by atoms with van der Waals surface area (Å²) < 4.78 is 19.2. The summed E-state index contributed by atoms with van der Waals surface area (Å²) >= 11 is 0. The van der Waals surface area contributed by atoms with Gasteiger partial charge in [-0.2, -0.15) is 0 Å². The normalized spacial score (nSPS) is 17.7. The van der Waals surface area contributed by atoms with Crippen LogP contribution in [-0.4, -0.2) is 42.1 Å². The number of aryl methyl sites for hydroxylation is 1. The van der Waals surface area contributed by atoms with Crippen LogP contribution in [0.3, 0.4) is 0 Å². The Labute approximate surface area is 154 Å². The summed E-state index contributed by atoms with van der Waals surface area (Å²) in [4.78, 5) is 26.1. The van der Waals surface area contributed by atoms with E-state index in [1.807, 2.05) is 27.7 Å². The second kappa shape index (κ2) is 8.52. The number of carbonyl (C=O) groups excluding carboxylic acids is 2. The first-order chi connectivity index (χ1) is 12.2. The monoisotopic (exact) mass is 364 g/mol. The third kappa shape index (κ3) is 6.00. The van der Waals surface area contributed by atoms with Gasteiger partial charge in [-0.05, 0) is 65.0 Å². The molecule has 0 aromatic heterocycles. The zero-order valence-corrected chi connectivity index (χ0v) is 16.1. The number of hydrogen-bond donors (Lipinski definition) is 1. The molecule has 0 radical (unpaired) electrons. The lowest BCUT2D eigenvalue weighted by molar-refractivity contribution is 0.0161. The fraction of sp³-hybridized carbons (Fsp3) is 0.600. The number of ether oxygens (including phenoxy) is 1. The van der Waals surface area contributed by atoms with Crippen LogP contribution in [0, 0.1) is 18.7 Å². The Morgan fingerprint density at radius 2 is 2.08 bits per heavy atom. The van der Waals surface area contributed by atoms with Gasteiger partial charge in [-0.15, -0.1) is 0 Å². The molecule has 6 heteroatoms. The molecular weight excluding hydrogens is 335 g/mol. The van der Waals surface area contributed by atoms with Crippen LogP contribution in [0.15, 0.2) is 18.2 Å². The Bertz CT molecular complexity index is 655. The van der Waals surface area contributed by atoms with Gasteiger partial charge >= 0.3 is 6.09 Å². The molecule has 1 aromatic rings. The topological polar surface area (TPSA) is 58.6 Å². The van der Waals surface area contributed by atoms with E-state index in [0.717, 1.165) is 24.8 Å². The summed E-state index contributed by atoms with van der Waals surface area (Å²) in [6.07, 6.45) is 2.39. The van der Waals surface area contributed by atoms with Crippen LogP contribution in [0.4, 0.5) is 9.18 Å². The van der Waals surface area contributed by atoms with Crippen LogP contribution in [0.25, 0.3) is 0 Å². The van der Waals surface area contributed by atoms with Crippen molar-refractivity contribution >= 4 is 12.0 Å². The predicted molar refractivity (Wildman–Crippen MR) is 98.6 cm³/mol. The number of nitrogens with one attached hydrogen (secondary N) is 1. The minimum atomic E-state index is -0.512. The van der Waals surface area contributed by atoms with Crippen molar-refractivity contribution in [1.82, 2.24) is 10.2 Å². The van der Waals surface area contributed by atoms with Crippen molar-refractivity contribution in [2.75, 3.05) is 19.6 Å². The van der Waals surface area contributed by atoms with Crippen LogP contribution in [0.2, 0.25) is 0 Å². The number of benzene rings is 1. The zero-order chi connectivity index (χ0) is 19.3. The van der Waals surface area contributed by atoms with Crippen LogP contribution < -0.4 is 5.32 Å². The van der Waals surface area contributed by atoms with Gasteiger partial charge in [-0.3, -0.25) is 4.79 Å². The quantitative estimate of drug-likeness (QED) is 0.881. The summed E-state index contributed by atoms with van der Waals surface area (Å²) in [7, 11) is 0. The minimum absolute atomic E-state index is 0.0732. The average molecular weight is 364 g/mol. The largest absolute Gasteiger partial charge is 0.444 e. The smallest absolute Gasteiger partial charge is 0.410 e. The van der Waals surface area contributed by atoms with E-state index in [0.29, 0.717) is 25.6 Å². The lowest BCUT2D eigenvalue weighted by atomic mass is 9.95. The highest BCUT2D eigenvalue weighted by atomic mass is 19.1. The molecule has 2 rings (SSSR count). The van der Waals surface area contributed by atoms with Crippen LogP contribution >= 0.6 is 0 Å². The van der Waals surface area contributed by atoms with Crippen molar-refractivity contribution in [1.29, 1.82) is 0 Å². The van der Waals surface area contributed by atoms with E-state index in [-0.39, 0.29) is 11.7 Å². The third-order valence-electron chi connectivity index (χ3n) is 4.38. The van der Waals surface area contributed by atoms with E-state index in [9.17, 15) is 14.0 Å². The number of rotatable bonds is 4. The van der Waals surface area contributed by atoms with Gasteiger partial charge in [-0.1, -0.05) is 11.6 Å². The van der Waals surface area contributed by atoms with E-state index in [1.54, 1.807) is 17.0 Å². The number of hydrogen-bond acceptors (Lipinski definition) is 3. The Kier molecular flexibility index (Phi) is 6.62. The Balaban J connectivity index is 1.81. The number of likely N-dealkylation sites (tertiary alicyclic amines) is 1. The zero-order valence-electron chi connectivity index (χ0n) is 16.1. The first-order valence-corrected chi connectivity index (χ1v) is 9.18. The highest BCUT2D eigenvalue weighted by molar-refractivity contribution is 5.94. The van der Waals surface area contributed by atoms with Gasteiger partial charge in [0.05, 0.1) is 5.56 Å². The highest BCUT2D eigenvalue weighted by Gasteiger charge is 2.27. The van der Waals surface area contributed by atoms with Gasteiger partial charge < -0.3 is 15.0 Å². The molecule has 0 saturated carbocycles. The summed E-state index contributed by atoms with van der Waals surface area (Å²) in [5.41, 5.74) is 0.413. The molecule has 2 amide bonds. The number of amides is 2. The lowest BCUT2D eigenvalue weighted by Crippen LogP contribution is -2.43. The Morgan fingerprint density at radius 1 is 1.35 bits per heavy atom. The van der Waals surface area contributed by atoms with E-state index in [1.165, 1.54) is 6.07 Å². The van der Waals surface area contributed by atoms with Gasteiger partial charge in [-0.25, -0.2) is 9.18 Å². The van der Waals surface area contributed by atoms with Crippen molar-refractivity contribution in [3.05, 3.63) is 35.1 Å². The SMILES string of the molecule is Cc1ccc(F)c(C(=O)NCCC2CCCN(C(=O)OC(C)(C)C)C2)c1. The van der Waals surface area contributed by atoms with Crippen molar-refractivity contribution < 1.29 is 18.7 Å². The predicted octanol–water partition coefficient (Wildman–Crippen LogP) is 3.90. The molecule has 1 fully saturated rings. The van der Waals surface area contributed by atoms with Gasteiger partial charge in [0.15, 0.2) is 0 Å². The van der Waals surface area contributed by atoms with Crippen molar-refractivity contribution in [3.8, 4) is 0 Å². The molecule has 0 aliphatic carbocycles. The number of nitrogens with zero attached hydrogens (tertiary/aromatic N) is 1. The number of halogens is 1. The van der Waals surface area contributed by atoms with Crippen molar-refractivity contribution in [2.24, 2.45) is 5.92 Å². The molecule has 5 nitrogen and oxygen atoms in total. The van der Waals surface area contributed by atoms with Gasteiger partial charge in [0.25, 0.3) is 5.91 Å². The summed E-state index contributed by atoms with van der Waals surface area (Å²) in [5, 5.41) is 2.78. The highest BCUT2D eigenvalue weighted by Crippen LogP contribution is 2.21. The van der Waals surface area contributed by atoms with E-state index >= 15 is 0 Å². The molecular formula is C20H29FN2O3. The van der Waals surface area contributed by atoms with Gasteiger partial charge in [0.2, 0.25) is 0 Å². The van der Waals surface area contributed by atoms with Gasteiger partial charge in [0, 0.05) is 19.6 Å². The van der Waals surface area contributed by atoms with E-state index in [2.05, 4.69) is 5.32 Å². The lowest BCUT2D eigenvalue weighted by Gasteiger charge is -2.34. The number of carbonyl (C=O) groups is 2. The fourth-order valence-corrected chi connectivity index (χ4v) is 3.09. The summed E-state index contributed by atoms with van der Waals surface area (Å²) in [5.74, 6) is -0.605. The molecule has 1 atom stereocenters.